The van der Waals surface area contributed by atoms with Gasteiger partial charge < -0.3 is 10.6 Å². The molecular weight excluding hydrogens is 394 g/mol. The third-order valence-corrected chi connectivity index (χ3v) is 5.06. The molecule has 2 aromatic carbocycles. The zero-order valence-electron chi connectivity index (χ0n) is 15.4. The number of hydrogen-bond donors (Lipinski definition) is 2. The highest BCUT2D eigenvalue weighted by Crippen LogP contribution is 2.23. The maximum absolute atomic E-state index is 12.1. The van der Waals surface area contributed by atoms with Gasteiger partial charge in [-0.2, -0.15) is 5.10 Å². The second kappa shape index (κ2) is 9.11. The molecular formula is C19H17N5O4S. The number of carbonyl (C=O) groups is 2. The number of carbonyl (C=O) groups excluding carboxylic acids is 2. The van der Waals surface area contributed by atoms with Crippen molar-refractivity contribution in [3.63, 3.8) is 0 Å². The third-order valence-electron chi connectivity index (χ3n) is 3.99. The molecule has 9 nitrogen and oxygen atoms in total. The fourth-order valence-corrected chi connectivity index (χ4v) is 3.41. The van der Waals surface area contributed by atoms with E-state index in [-0.39, 0.29) is 23.9 Å². The lowest BCUT2D eigenvalue weighted by atomic mass is 10.1. The van der Waals surface area contributed by atoms with E-state index in [1.807, 2.05) is 18.2 Å². The predicted octanol–water partition coefficient (Wildman–Crippen LogP) is 2.94. The van der Waals surface area contributed by atoms with Crippen molar-refractivity contribution in [3.05, 3.63) is 70.3 Å². The average molecular weight is 411 g/mol. The molecule has 2 aromatic rings. The Labute approximate surface area is 170 Å². The van der Waals surface area contributed by atoms with E-state index in [2.05, 4.69) is 20.8 Å². The molecule has 10 heteroatoms. The zero-order valence-corrected chi connectivity index (χ0v) is 16.2. The highest BCUT2D eigenvalue weighted by molar-refractivity contribution is 8.15. The van der Waals surface area contributed by atoms with Crippen LogP contribution in [0.25, 0.3) is 0 Å². The van der Waals surface area contributed by atoms with Crippen molar-refractivity contribution in [2.24, 2.45) is 10.2 Å². The average Bonchev–Trinajstić information content (AvgIpc) is 3.06. The number of amides is 2. The summed E-state index contributed by atoms with van der Waals surface area (Å²) in [6, 6.07) is 14.9. The number of nitro groups is 1. The normalized spacial score (nSPS) is 17.8. The molecule has 1 heterocycles. The lowest BCUT2D eigenvalue weighted by Gasteiger charge is -2.06. The van der Waals surface area contributed by atoms with Crippen LogP contribution in [0.5, 0.6) is 0 Å². The number of non-ortho nitro benzene ring substituents is 1. The summed E-state index contributed by atoms with van der Waals surface area (Å²) in [5.41, 5.74) is 1.86. The fraction of sp³-hybridized carbons (Fsp3) is 0.158. The number of rotatable bonds is 6. The predicted molar refractivity (Wildman–Crippen MR) is 112 cm³/mol. The number of nitro benzene ring substituents is 1. The highest BCUT2D eigenvalue weighted by atomic mass is 32.2. The van der Waals surface area contributed by atoms with Crippen LogP contribution in [0.3, 0.4) is 0 Å². The number of anilines is 1. The van der Waals surface area contributed by atoms with Crippen LogP contribution in [-0.2, 0) is 9.59 Å². The Morgan fingerprint density at radius 2 is 1.90 bits per heavy atom. The van der Waals surface area contributed by atoms with Gasteiger partial charge in [-0.1, -0.05) is 30.0 Å². The topological polar surface area (TPSA) is 126 Å². The number of hydrogen-bond acceptors (Lipinski definition) is 7. The molecule has 0 aromatic heterocycles. The minimum Gasteiger partial charge on any atom is -0.326 e. The Hall–Kier alpha value is -3.53. The van der Waals surface area contributed by atoms with E-state index in [0.717, 1.165) is 11.8 Å². The molecule has 0 radical (unpaired) electrons. The summed E-state index contributed by atoms with van der Waals surface area (Å²) in [6.45, 7) is 1.71. The number of thioether (sulfide) groups is 1. The van der Waals surface area contributed by atoms with Gasteiger partial charge in [-0.3, -0.25) is 19.7 Å². The molecule has 1 atom stereocenters. The highest BCUT2D eigenvalue weighted by Gasteiger charge is 2.32. The van der Waals surface area contributed by atoms with Crippen molar-refractivity contribution < 1.29 is 14.5 Å². The number of para-hydroxylation sites is 1. The Morgan fingerprint density at radius 1 is 1.21 bits per heavy atom. The minimum absolute atomic E-state index is 0.00939. The van der Waals surface area contributed by atoms with Gasteiger partial charge in [0.05, 0.1) is 10.6 Å². The summed E-state index contributed by atoms with van der Waals surface area (Å²) >= 11 is 1.13. The summed E-state index contributed by atoms with van der Waals surface area (Å²) in [5.74, 6) is -0.573. The minimum atomic E-state index is -0.590. The van der Waals surface area contributed by atoms with E-state index < -0.39 is 10.2 Å². The first-order chi connectivity index (χ1) is 13.9. The first-order valence-electron chi connectivity index (χ1n) is 8.62. The van der Waals surface area contributed by atoms with Gasteiger partial charge in [0.2, 0.25) is 11.8 Å². The zero-order chi connectivity index (χ0) is 20.8. The molecule has 0 saturated carbocycles. The van der Waals surface area contributed by atoms with Crippen molar-refractivity contribution in [1.29, 1.82) is 0 Å². The Bertz CT molecular complexity index is 989. The maximum atomic E-state index is 12.1. The van der Waals surface area contributed by atoms with Crippen molar-refractivity contribution in [1.82, 2.24) is 5.32 Å². The number of nitrogens with one attached hydrogen (secondary N) is 2. The van der Waals surface area contributed by atoms with E-state index in [1.165, 1.54) is 12.1 Å². The molecule has 0 spiro atoms. The van der Waals surface area contributed by atoms with E-state index in [1.54, 1.807) is 31.2 Å². The standard InChI is InChI=1S/C19H17N5O4S/c1-12(13-7-9-15(10-8-13)24(27)28)22-23-19-21-18(26)16(29-19)11-17(25)20-14-5-3-2-4-6-14/h2-10,16H,11H2,1H3,(H,20,25)(H,21,23,26)/b22-12-/t16-/m0/s1. The lowest BCUT2D eigenvalue weighted by Crippen LogP contribution is -2.28. The van der Waals surface area contributed by atoms with Gasteiger partial charge in [0.1, 0.15) is 5.25 Å². The van der Waals surface area contributed by atoms with Crippen LogP contribution < -0.4 is 10.6 Å². The van der Waals surface area contributed by atoms with Gasteiger partial charge in [0.15, 0.2) is 5.17 Å². The molecule has 0 unspecified atom stereocenters. The Balaban J connectivity index is 1.60. The first kappa shape index (κ1) is 20.2. The number of nitrogens with zero attached hydrogens (tertiary/aromatic N) is 3. The van der Waals surface area contributed by atoms with Crippen LogP contribution in [0.15, 0.2) is 64.8 Å². The van der Waals surface area contributed by atoms with E-state index >= 15 is 0 Å². The van der Waals surface area contributed by atoms with E-state index in [4.69, 9.17) is 0 Å². The fourth-order valence-electron chi connectivity index (χ4n) is 2.49. The van der Waals surface area contributed by atoms with E-state index in [9.17, 15) is 19.7 Å². The smallest absolute Gasteiger partial charge is 0.269 e. The quantitative estimate of drug-likeness (QED) is 0.429. The summed E-state index contributed by atoms with van der Waals surface area (Å²) in [5, 5.41) is 23.8. The number of benzene rings is 2. The molecule has 2 amide bonds. The van der Waals surface area contributed by atoms with Crippen molar-refractivity contribution >= 4 is 45.8 Å². The summed E-state index contributed by atoms with van der Waals surface area (Å²) in [4.78, 5) is 34.4. The molecule has 0 aliphatic carbocycles. The first-order valence-corrected chi connectivity index (χ1v) is 9.50. The van der Waals surface area contributed by atoms with Gasteiger partial charge in [0.25, 0.3) is 5.69 Å². The molecule has 1 aliphatic heterocycles. The van der Waals surface area contributed by atoms with Crippen LogP contribution >= 0.6 is 11.8 Å². The van der Waals surface area contributed by atoms with Gasteiger partial charge in [-0.15, -0.1) is 5.10 Å². The Kier molecular flexibility index (Phi) is 6.35. The molecule has 2 N–H and O–H groups in total. The molecule has 29 heavy (non-hydrogen) atoms. The molecule has 148 valence electrons. The molecule has 1 saturated heterocycles. The summed E-state index contributed by atoms with van der Waals surface area (Å²) < 4.78 is 0. The van der Waals surface area contributed by atoms with Gasteiger partial charge in [-0.25, -0.2) is 0 Å². The molecule has 0 bridgehead atoms. The van der Waals surface area contributed by atoms with Crippen molar-refractivity contribution in [3.8, 4) is 0 Å². The van der Waals surface area contributed by atoms with E-state index in [0.29, 0.717) is 22.1 Å². The van der Waals surface area contributed by atoms with Gasteiger partial charge in [0, 0.05) is 24.2 Å². The largest absolute Gasteiger partial charge is 0.326 e. The van der Waals surface area contributed by atoms with Gasteiger partial charge in [-0.05, 0) is 36.8 Å². The summed E-state index contributed by atoms with van der Waals surface area (Å²) in [7, 11) is 0. The van der Waals surface area contributed by atoms with Crippen molar-refractivity contribution in [2.75, 3.05) is 5.32 Å². The number of amidine groups is 1. The molecule has 1 aliphatic rings. The van der Waals surface area contributed by atoms with Crippen molar-refractivity contribution in [2.45, 2.75) is 18.6 Å². The van der Waals surface area contributed by atoms with Crippen LogP contribution in [0.4, 0.5) is 11.4 Å². The lowest BCUT2D eigenvalue weighted by molar-refractivity contribution is -0.384. The summed E-state index contributed by atoms with van der Waals surface area (Å²) in [6.07, 6.45) is 0.00939. The van der Waals surface area contributed by atoms with Crippen LogP contribution in [0, 0.1) is 10.1 Å². The maximum Gasteiger partial charge on any atom is 0.269 e. The SMILES string of the molecule is C/C(=N/N=C1\NC(=O)[C@H](CC(=O)Nc2ccccc2)S1)c1ccc([N+](=O)[O-])cc1. The molecule has 3 rings (SSSR count). The second-order valence-corrected chi connectivity index (χ2v) is 7.30. The Morgan fingerprint density at radius 3 is 2.55 bits per heavy atom. The second-order valence-electron chi connectivity index (χ2n) is 6.11. The third kappa shape index (κ3) is 5.48. The van der Waals surface area contributed by atoms with Gasteiger partial charge >= 0.3 is 0 Å². The monoisotopic (exact) mass is 411 g/mol. The van der Waals surface area contributed by atoms with Crippen LogP contribution in [-0.4, -0.2) is 32.9 Å². The van der Waals surface area contributed by atoms with Crippen LogP contribution in [0.2, 0.25) is 0 Å². The van der Waals surface area contributed by atoms with Crippen LogP contribution in [0.1, 0.15) is 18.9 Å². The molecule has 1 fully saturated rings.